The minimum Gasteiger partial charge on any atom is -0.491 e. The van der Waals surface area contributed by atoms with E-state index in [1.54, 1.807) is 0 Å². The fourth-order valence-corrected chi connectivity index (χ4v) is 3.34. The van der Waals surface area contributed by atoms with Crippen LogP contribution in [-0.4, -0.2) is 38.8 Å². The van der Waals surface area contributed by atoms with Crippen molar-refractivity contribution in [1.29, 1.82) is 0 Å². The average Bonchev–Trinajstić information content (AvgIpc) is 2.70. The molecule has 5 heteroatoms. The van der Waals surface area contributed by atoms with Gasteiger partial charge in [0.1, 0.15) is 12.4 Å². The van der Waals surface area contributed by atoms with Gasteiger partial charge in [-0.3, -0.25) is 4.79 Å². The summed E-state index contributed by atoms with van der Waals surface area (Å²) < 4.78 is 11.6. The Morgan fingerprint density at radius 3 is 2.83 bits per heavy atom. The van der Waals surface area contributed by atoms with Crippen molar-refractivity contribution in [3.05, 3.63) is 64.7 Å². The van der Waals surface area contributed by atoms with Gasteiger partial charge in [0.05, 0.1) is 13.2 Å². The number of hydrogen-bond donors (Lipinski definition) is 2. The minimum atomic E-state index is -0.0332. The molecule has 0 spiro atoms. The van der Waals surface area contributed by atoms with E-state index < -0.39 is 0 Å². The molecule has 0 saturated carbocycles. The Morgan fingerprint density at radius 2 is 1.97 bits per heavy atom. The highest BCUT2D eigenvalue weighted by atomic mass is 16.5. The van der Waals surface area contributed by atoms with Gasteiger partial charge in [-0.2, -0.15) is 0 Å². The first kappa shape index (κ1) is 21.3. The van der Waals surface area contributed by atoms with Gasteiger partial charge in [0.2, 0.25) is 0 Å². The second-order valence-corrected chi connectivity index (χ2v) is 7.90. The van der Waals surface area contributed by atoms with Crippen LogP contribution in [-0.2, 0) is 17.7 Å². The van der Waals surface area contributed by atoms with Crippen molar-refractivity contribution < 1.29 is 14.3 Å². The molecule has 156 valence electrons. The highest BCUT2D eigenvalue weighted by molar-refractivity contribution is 5.94. The highest BCUT2D eigenvalue weighted by Crippen LogP contribution is 2.24. The van der Waals surface area contributed by atoms with Crippen LogP contribution in [0.3, 0.4) is 0 Å². The Hall–Kier alpha value is -2.37. The number of ether oxygens (including phenoxy) is 2. The molecule has 1 aliphatic heterocycles. The molecule has 2 aromatic rings. The van der Waals surface area contributed by atoms with Gasteiger partial charge in [-0.05, 0) is 47.2 Å². The van der Waals surface area contributed by atoms with Crippen LogP contribution in [0.1, 0.15) is 47.3 Å². The molecule has 0 fully saturated rings. The maximum absolute atomic E-state index is 12.6. The summed E-state index contributed by atoms with van der Waals surface area (Å²) in [6.45, 7) is 8.33. The molecule has 29 heavy (non-hydrogen) atoms. The number of hydrogen-bond acceptors (Lipinski definition) is 4. The lowest BCUT2D eigenvalue weighted by atomic mass is 9.99. The maximum atomic E-state index is 12.6. The molecular weight excluding hydrogens is 364 g/mol. The van der Waals surface area contributed by atoms with Gasteiger partial charge in [-0.15, -0.1) is 0 Å². The lowest BCUT2D eigenvalue weighted by Gasteiger charge is -2.15. The van der Waals surface area contributed by atoms with Crippen LogP contribution in [0, 0.1) is 5.92 Å². The first-order chi connectivity index (χ1) is 14.1. The van der Waals surface area contributed by atoms with Gasteiger partial charge < -0.3 is 20.1 Å². The normalized spacial score (nSPS) is 15.1. The molecular formula is C24H32N2O3. The van der Waals surface area contributed by atoms with Crippen LogP contribution in [0.5, 0.6) is 5.75 Å². The van der Waals surface area contributed by atoms with Gasteiger partial charge in [-0.1, -0.05) is 38.1 Å². The number of benzene rings is 2. The van der Waals surface area contributed by atoms with Gasteiger partial charge in [0.25, 0.3) is 5.91 Å². The Balaban J connectivity index is 1.81. The molecule has 3 rings (SSSR count). The van der Waals surface area contributed by atoms with Gasteiger partial charge in [0.15, 0.2) is 0 Å². The molecule has 0 unspecified atom stereocenters. The second-order valence-electron chi connectivity index (χ2n) is 7.90. The van der Waals surface area contributed by atoms with E-state index in [1.165, 1.54) is 11.1 Å². The van der Waals surface area contributed by atoms with E-state index in [9.17, 15) is 4.79 Å². The smallest absolute Gasteiger partial charge is 0.251 e. The van der Waals surface area contributed by atoms with Crippen molar-refractivity contribution in [2.24, 2.45) is 5.92 Å². The Labute approximate surface area is 173 Å². The van der Waals surface area contributed by atoms with E-state index in [4.69, 9.17) is 9.47 Å². The summed E-state index contributed by atoms with van der Waals surface area (Å²) in [7, 11) is 0. The lowest BCUT2D eigenvalue weighted by Crippen LogP contribution is -2.25. The topological polar surface area (TPSA) is 59.6 Å². The van der Waals surface area contributed by atoms with Crippen LogP contribution >= 0.6 is 0 Å². The molecule has 2 aromatic carbocycles. The van der Waals surface area contributed by atoms with E-state index in [0.717, 1.165) is 37.2 Å². The summed E-state index contributed by atoms with van der Waals surface area (Å²) in [6, 6.07) is 14.2. The maximum Gasteiger partial charge on any atom is 0.251 e. The minimum absolute atomic E-state index is 0.0332. The number of carbonyl (C=O) groups is 1. The molecule has 0 saturated heterocycles. The van der Waals surface area contributed by atoms with Crippen molar-refractivity contribution in [2.75, 3.05) is 32.9 Å². The Bertz CT molecular complexity index is 804. The third kappa shape index (κ3) is 6.87. The zero-order chi connectivity index (χ0) is 20.5. The molecule has 0 radical (unpaired) electrons. The summed E-state index contributed by atoms with van der Waals surface area (Å²) in [4.78, 5) is 12.6. The van der Waals surface area contributed by atoms with Crippen LogP contribution < -0.4 is 15.4 Å². The Kier molecular flexibility index (Phi) is 8.08. The van der Waals surface area contributed by atoms with Gasteiger partial charge in [-0.25, -0.2) is 0 Å². The molecule has 1 aliphatic rings. The van der Waals surface area contributed by atoms with Crippen LogP contribution in [0.4, 0.5) is 0 Å². The fraction of sp³-hybridized carbons (Fsp3) is 0.458. The van der Waals surface area contributed by atoms with Crippen LogP contribution in [0.25, 0.3) is 0 Å². The van der Waals surface area contributed by atoms with E-state index in [0.29, 0.717) is 37.8 Å². The Morgan fingerprint density at radius 1 is 1.10 bits per heavy atom. The lowest BCUT2D eigenvalue weighted by molar-refractivity contribution is 0.0951. The van der Waals surface area contributed by atoms with Crippen molar-refractivity contribution in [3.63, 3.8) is 0 Å². The molecule has 1 heterocycles. The SMILES string of the molecule is CC(C)CCNC(=O)c1ccc2c(c1)Cc1cccc(c1)CNCCOCCO2. The number of carbonyl (C=O) groups excluding carboxylic acids is 1. The monoisotopic (exact) mass is 396 g/mol. The van der Waals surface area contributed by atoms with E-state index in [1.807, 2.05) is 18.2 Å². The number of rotatable bonds is 4. The second kappa shape index (κ2) is 11.0. The third-order valence-electron chi connectivity index (χ3n) is 4.95. The summed E-state index contributed by atoms with van der Waals surface area (Å²) in [5.74, 6) is 1.35. The van der Waals surface area contributed by atoms with E-state index >= 15 is 0 Å². The van der Waals surface area contributed by atoms with Crippen molar-refractivity contribution in [2.45, 2.75) is 33.2 Å². The number of fused-ring (bicyclic) bond motifs is 3. The predicted octanol–water partition coefficient (Wildman–Crippen LogP) is 3.55. The molecule has 2 N–H and O–H groups in total. The summed E-state index contributed by atoms with van der Waals surface area (Å²) >= 11 is 0. The zero-order valence-corrected chi connectivity index (χ0v) is 17.5. The van der Waals surface area contributed by atoms with Crippen molar-refractivity contribution >= 4 is 5.91 Å². The van der Waals surface area contributed by atoms with Crippen LogP contribution in [0.2, 0.25) is 0 Å². The first-order valence-corrected chi connectivity index (χ1v) is 10.5. The zero-order valence-electron chi connectivity index (χ0n) is 17.5. The van der Waals surface area contributed by atoms with Crippen molar-refractivity contribution in [1.82, 2.24) is 10.6 Å². The molecule has 0 atom stereocenters. The van der Waals surface area contributed by atoms with E-state index in [2.05, 4.69) is 48.7 Å². The van der Waals surface area contributed by atoms with E-state index in [-0.39, 0.29) is 5.91 Å². The first-order valence-electron chi connectivity index (χ1n) is 10.5. The quantitative estimate of drug-likeness (QED) is 0.830. The largest absolute Gasteiger partial charge is 0.491 e. The fourth-order valence-electron chi connectivity index (χ4n) is 3.34. The number of amides is 1. The molecule has 0 aromatic heterocycles. The van der Waals surface area contributed by atoms with Crippen molar-refractivity contribution in [3.8, 4) is 5.75 Å². The van der Waals surface area contributed by atoms with Crippen LogP contribution in [0.15, 0.2) is 42.5 Å². The summed E-state index contributed by atoms with van der Waals surface area (Å²) in [6.07, 6.45) is 1.69. The van der Waals surface area contributed by atoms with Gasteiger partial charge in [0, 0.05) is 31.6 Å². The summed E-state index contributed by atoms with van der Waals surface area (Å²) in [5.41, 5.74) is 4.14. The molecule has 1 amide bonds. The average molecular weight is 397 g/mol. The molecule has 5 nitrogen and oxygen atoms in total. The summed E-state index contributed by atoms with van der Waals surface area (Å²) in [5, 5.41) is 6.42. The standard InChI is InChI=1S/C24H32N2O3/c1-18(2)8-9-26-24(27)21-6-7-23-22(16-21)15-19-4-3-5-20(14-19)17-25-10-11-28-12-13-29-23/h3-7,14,16,18,25H,8-13,15,17H2,1-2H3,(H,26,27). The number of nitrogens with one attached hydrogen (secondary N) is 2. The highest BCUT2D eigenvalue weighted by Gasteiger charge is 2.12. The molecule has 2 bridgehead atoms. The molecule has 0 aliphatic carbocycles. The third-order valence-corrected chi connectivity index (χ3v) is 4.95. The predicted molar refractivity (Wildman–Crippen MR) is 115 cm³/mol. The van der Waals surface area contributed by atoms with Gasteiger partial charge >= 0.3 is 0 Å².